The van der Waals surface area contributed by atoms with Gasteiger partial charge in [-0.05, 0) is 11.6 Å². The van der Waals surface area contributed by atoms with Crippen LogP contribution in [0.4, 0.5) is 17.6 Å². The second-order valence-electron chi connectivity index (χ2n) is 4.15. The average molecular weight is 335 g/mol. The van der Waals surface area contributed by atoms with Crippen molar-refractivity contribution in [3.63, 3.8) is 0 Å². The first-order valence-corrected chi connectivity index (χ1v) is 6.34. The SMILES string of the molecule is OC(COCC(F)(F)C(F)F)Cc1cccc(Cl)c1Cl. The Hall–Kier alpha value is -0.560. The zero-order valence-corrected chi connectivity index (χ0v) is 11.6. The lowest BCUT2D eigenvalue weighted by Gasteiger charge is -2.17. The monoisotopic (exact) mass is 334 g/mol. The first-order chi connectivity index (χ1) is 9.24. The predicted octanol–water partition coefficient (Wildman–Crippen LogP) is 3.81. The standard InChI is InChI=1S/C12H12Cl2F4O2/c13-9-3-1-2-7(10(9)14)4-8(19)5-20-6-12(17,18)11(15)16/h1-3,8,11,19H,4-6H2. The highest BCUT2D eigenvalue weighted by molar-refractivity contribution is 6.42. The molecular formula is C12H12Cl2F4O2. The van der Waals surface area contributed by atoms with E-state index in [0.29, 0.717) is 10.6 Å². The van der Waals surface area contributed by atoms with Crippen molar-refractivity contribution in [3.8, 4) is 0 Å². The van der Waals surface area contributed by atoms with Gasteiger partial charge in [-0.15, -0.1) is 0 Å². The quantitative estimate of drug-likeness (QED) is 0.768. The molecule has 0 saturated heterocycles. The van der Waals surface area contributed by atoms with Gasteiger partial charge in [0, 0.05) is 6.42 Å². The summed E-state index contributed by atoms with van der Waals surface area (Å²) in [5.74, 6) is -4.23. The van der Waals surface area contributed by atoms with Gasteiger partial charge in [0.2, 0.25) is 0 Å². The minimum Gasteiger partial charge on any atom is -0.390 e. The van der Waals surface area contributed by atoms with Gasteiger partial charge in [-0.3, -0.25) is 0 Å². The van der Waals surface area contributed by atoms with Crippen molar-refractivity contribution >= 4 is 23.2 Å². The lowest BCUT2D eigenvalue weighted by molar-refractivity contribution is -0.170. The summed E-state index contributed by atoms with van der Waals surface area (Å²) in [4.78, 5) is 0. The fraction of sp³-hybridized carbons (Fsp3) is 0.500. The van der Waals surface area contributed by atoms with Gasteiger partial charge in [-0.25, -0.2) is 8.78 Å². The van der Waals surface area contributed by atoms with Crippen LogP contribution < -0.4 is 0 Å². The summed E-state index contributed by atoms with van der Waals surface area (Å²) in [6.45, 7) is -1.96. The van der Waals surface area contributed by atoms with Gasteiger partial charge in [0.15, 0.2) is 0 Å². The summed E-state index contributed by atoms with van der Waals surface area (Å²) >= 11 is 11.7. The summed E-state index contributed by atoms with van der Waals surface area (Å²) < 4.78 is 53.2. The van der Waals surface area contributed by atoms with E-state index in [1.165, 1.54) is 0 Å². The lowest BCUT2D eigenvalue weighted by Crippen LogP contribution is -2.34. The van der Waals surface area contributed by atoms with Crippen molar-refractivity contribution in [2.75, 3.05) is 13.2 Å². The minimum atomic E-state index is -4.23. The molecule has 2 nitrogen and oxygen atoms in total. The predicted molar refractivity (Wildman–Crippen MR) is 67.9 cm³/mol. The zero-order chi connectivity index (χ0) is 15.3. The number of alkyl halides is 4. The third-order valence-electron chi connectivity index (χ3n) is 2.41. The molecule has 0 aliphatic rings. The van der Waals surface area contributed by atoms with E-state index in [1.807, 2.05) is 0 Å². The van der Waals surface area contributed by atoms with Crippen LogP contribution in [-0.2, 0) is 11.2 Å². The van der Waals surface area contributed by atoms with Crippen LogP contribution in [-0.4, -0.2) is 36.8 Å². The molecule has 0 spiro atoms. The highest BCUT2D eigenvalue weighted by Gasteiger charge is 2.41. The van der Waals surface area contributed by atoms with E-state index in [-0.39, 0.29) is 11.4 Å². The van der Waals surface area contributed by atoms with Crippen molar-refractivity contribution in [2.24, 2.45) is 0 Å². The van der Waals surface area contributed by atoms with E-state index >= 15 is 0 Å². The number of aliphatic hydroxyl groups excluding tert-OH is 1. The Morgan fingerprint density at radius 3 is 2.50 bits per heavy atom. The van der Waals surface area contributed by atoms with Crippen molar-refractivity contribution < 1.29 is 27.4 Å². The maximum absolute atomic E-state index is 12.5. The van der Waals surface area contributed by atoms with Gasteiger partial charge in [0.05, 0.1) is 22.8 Å². The summed E-state index contributed by atoms with van der Waals surface area (Å²) in [5.41, 5.74) is 0.510. The van der Waals surface area contributed by atoms with E-state index in [4.69, 9.17) is 23.2 Å². The Labute approximate surface area is 123 Å². The van der Waals surface area contributed by atoms with E-state index in [2.05, 4.69) is 4.74 Å². The molecule has 114 valence electrons. The number of halogens is 6. The van der Waals surface area contributed by atoms with Crippen LogP contribution in [0.15, 0.2) is 18.2 Å². The molecule has 0 amide bonds. The molecule has 1 aromatic carbocycles. The molecule has 8 heteroatoms. The van der Waals surface area contributed by atoms with Crippen LogP contribution in [0.3, 0.4) is 0 Å². The molecule has 0 aromatic heterocycles. The van der Waals surface area contributed by atoms with Gasteiger partial charge in [-0.1, -0.05) is 35.3 Å². The molecule has 0 bridgehead atoms. The van der Waals surface area contributed by atoms with Crippen molar-refractivity contribution in [1.29, 1.82) is 0 Å². The molecule has 1 rings (SSSR count). The van der Waals surface area contributed by atoms with Crippen LogP contribution >= 0.6 is 23.2 Å². The van der Waals surface area contributed by atoms with Crippen LogP contribution in [0.25, 0.3) is 0 Å². The third-order valence-corrected chi connectivity index (χ3v) is 3.27. The molecule has 1 aromatic rings. The Balaban J connectivity index is 2.45. The van der Waals surface area contributed by atoms with E-state index in [0.717, 1.165) is 0 Å². The van der Waals surface area contributed by atoms with Gasteiger partial charge >= 0.3 is 12.3 Å². The fourth-order valence-corrected chi connectivity index (χ4v) is 1.81. The Morgan fingerprint density at radius 1 is 1.25 bits per heavy atom. The maximum atomic E-state index is 12.5. The Kier molecular flexibility index (Phi) is 6.51. The van der Waals surface area contributed by atoms with Gasteiger partial charge < -0.3 is 9.84 Å². The molecule has 1 N–H and O–H groups in total. The summed E-state index contributed by atoms with van der Waals surface area (Å²) in [5, 5.41) is 10.1. The van der Waals surface area contributed by atoms with E-state index in [9.17, 15) is 22.7 Å². The molecular weight excluding hydrogens is 323 g/mol. The van der Waals surface area contributed by atoms with Gasteiger partial charge in [0.25, 0.3) is 0 Å². The number of aliphatic hydroxyl groups is 1. The molecule has 1 atom stereocenters. The van der Waals surface area contributed by atoms with Crippen LogP contribution in [0.5, 0.6) is 0 Å². The largest absolute Gasteiger partial charge is 0.390 e. The van der Waals surface area contributed by atoms with Crippen LogP contribution in [0, 0.1) is 0 Å². The average Bonchev–Trinajstić information content (AvgIpc) is 2.34. The van der Waals surface area contributed by atoms with E-state index < -0.39 is 31.7 Å². The number of hydrogen-bond donors (Lipinski definition) is 1. The number of ether oxygens (including phenoxy) is 1. The molecule has 0 aliphatic carbocycles. The summed E-state index contributed by atoms with van der Waals surface area (Å²) in [6, 6.07) is 4.77. The molecule has 0 saturated carbocycles. The maximum Gasteiger partial charge on any atom is 0.330 e. The first kappa shape index (κ1) is 17.5. The minimum absolute atomic E-state index is 0.0135. The van der Waals surface area contributed by atoms with E-state index in [1.54, 1.807) is 18.2 Å². The number of rotatable bonds is 7. The molecule has 0 radical (unpaired) electrons. The molecule has 0 aliphatic heterocycles. The molecule has 0 heterocycles. The fourth-order valence-electron chi connectivity index (χ4n) is 1.41. The van der Waals surface area contributed by atoms with Crippen molar-refractivity contribution in [1.82, 2.24) is 0 Å². The third kappa shape index (κ3) is 5.09. The number of hydrogen-bond acceptors (Lipinski definition) is 2. The molecule has 1 unspecified atom stereocenters. The second kappa shape index (κ2) is 7.45. The smallest absolute Gasteiger partial charge is 0.330 e. The van der Waals surface area contributed by atoms with Gasteiger partial charge in [-0.2, -0.15) is 8.78 Å². The lowest BCUT2D eigenvalue weighted by atomic mass is 10.1. The van der Waals surface area contributed by atoms with Crippen LogP contribution in [0.2, 0.25) is 10.0 Å². The second-order valence-corrected chi connectivity index (χ2v) is 4.93. The molecule has 0 fully saturated rings. The highest BCUT2D eigenvalue weighted by Crippen LogP contribution is 2.27. The van der Waals surface area contributed by atoms with Gasteiger partial charge in [0.1, 0.15) is 6.61 Å². The normalized spacial score (nSPS) is 13.8. The highest BCUT2D eigenvalue weighted by atomic mass is 35.5. The zero-order valence-electron chi connectivity index (χ0n) is 10.1. The van der Waals surface area contributed by atoms with Crippen molar-refractivity contribution in [2.45, 2.75) is 24.9 Å². The first-order valence-electron chi connectivity index (χ1n) is 5.58. The van der Waals surface area contributed by atoms with Crippen molar-refractivity contribution in [3.05, 3.63) is 33.8 Å². The number of benzene rings is 1. The topological polar surface area (TPSA) is 29.5 Å². The molecule has 20 heavy (non-hydrogen) atoms. The Morgan fingerprint density at radius 2 is 1.90 bits per heavy atom. The summed E-state index contributed by atoms with van der Waals surface area (Å²) in [7, 11) is 0. The Bertz CT molecular complexity index is 443. The summed E-state index contributed by atoms with van der Waals surface area (Å²) in [6.07, 6.45) is -4.94. The van der Waals surface area contributed by atoms with Crippen LogP contribution in [0.1, 0.15) is 5.56 Å².